The number of benzene rings is 2. The summed E-state index contributed by atoms with van der Waals surface area (Å²) >= 11 is 0. The highest BCUT2D eigenvalue weighted by Gasteiger charge is 2.32. The Morgan fingerprint density at radius 3 is 2.54 bits per heavy atom. The molecule has 0 atom stereocenters. The molecule has 2 N–H and O–H groups in total. The Morgan fingerprint density at radius 2 is 1.89 bits per heavy atom. The van der Waals surface area contributed by atoms with E-state index in [0.717, 1.165) is 17.6 Å². The van der Waals surface area contributed by atoms with Gasteiger partial charge in [-0.2, -0.15) is 13.2 Å². The number of carbonyl (C=O) groups excluding carboxylic acids is 2. The number of rotatable bonds is 6. The molecule has 4 rings (SSSR count). The van der Waals surface area contributed by atoms with E-state index in [0.29, 0.717) is 43.4 Å². The van der Waals surface area contributed by atoms with Crippen LogP contribution in [0, 0.1) is 5.92 Å². The number of alkyl halides is 3. The lowest BCUT2D eigenvalue weighted by molar-refractivity contribution is -0.149. The van der Waals surface area contributed by atoms with Gasteiger partial charge in [0.25, 0.3) is 5.91 Å². The zero-order valence-electron chi connectivity index (χ0n) is 19.1. The van der Waals surface area contributed by atoms with Crippen LogP contribution < -0.4 is 5.32 Å². The smallest absolute Gasteiger partial charge is 0.416 e. The van der Waals surface area contributed by atoms with Crippen LogP contribution in [-0.4, -0.2) is 33.1 Å². The van der Waals surface area contributed by atoms with Crippen molar-refractivity contribution in [3.8, 4) is 0 Å². The highest BCUT2D eigenvalue weighted by atomic mass is 19.4. The summed E-state index contributed by atoms with van der Waals surface area (Å²) in [5.74, 6) is -0.912. The molecule has 186 valence electrons. The van der Waals surface area contributed by atoms with Crippen molar-refractivity contribution in [1.82, 2.24) is 9.55 Å². The molecule has 1 heterocycles. The van der Waals surface area contributed by atoms with Crippen molar-refractivity contribution in [3.05, 3.63) is 59.2 Å². The van der Waals surface area contributed by atoms with Gasteiger partial charge in [0.2, 0.25) is 5.95 Å². The van der Waals surface area contributed by atoms with E-state index in [2.05, 4.69) is 10.3 Å². The zero-order valence-corrected chi connectivity index (χ0v) is 19.1. The predicted molar refractivity (Wildman–Crippen MR) is 123 cm³/mol. The molecule has 0 saturated heterocycles. The SMILES string of the molecule is CCOC(=O)[C@H]1CC[C@@H](n2c(NC(=O)c3cccc(C(F)(F)F)c3)nc3cc(CO)ccc32)CC1. The van der Waals surface area contributed by atoms with Crippen molar-refractivity contribution >= 4 is 28.9 Å². The van der Waals surface area contributed by atoms with E-state index in [1.807, 2.05) is 4.57 Å². The van der Waals surface area contributed by atoms with Crippen LogP contribution in [0.5, 0.6) is 0 Å². The molecular formula is C25H26F3N3O4. The molecule has 1 aliphatic carbocycles. The van der Waals surface area contributed by atoms with Gasteiger partial charge in [0, 0.05) is 11.6 Å². The van der Waals surface area contributed by atoms with Crippen molar-refractivity contribution in [2.75, 3.05) is 11.9 Å². The van der Waals surface area contributed by atoms with E-state index in [1.165, 1.54) is 12.1 Å². The van der Waals surface area contributed by atoms with E-state index in [4.69, 9.17) is 4.74 Å². The number of halogens is 3. The van der Waals surface area contributed by atoms with Crippen LogP contribution >= 0.6 is 0 Å². The number of aliphatic hydroxyl groups is 1. The van der Waals surface area contributed by atoms with Crippen LogP contribution in [0.3, 0.4) is 0 Å². The third-order valence-corrected chi connectivity index (χ3v) is 6.30. The molecule has 0 unspecified atom stereocenters. The first-order chi connectivity index (χ1) is 16.7. The van der Waals surface area contributed by atoms with Crippen LogP contribution in [0.25, 0.3) is 11.0 Å². The van der Waals surface area contributed by atoms with E-state index in [-0.39, 0.29) is 36.0 Å². The fourth-order valence-electron chi connectivity index (χ4n) is 4.54. The number of hydrogen-bond acceptors (Lipinski definition) is 5. The number of aromatic nitrogens is 2. The first-order valence-electron chi connectivity index (χ1n) is 11.5. The van der Waals surface area contributed by atoms with Crippen LogP contribution in [-0.2, 0) is 22.3 Å². The van der Waals surface area contributed by atoms with Gasteiger partial charge in [-0.15, -0.1) is 0 Å². The molecule has 2 aromatic carbocycles. The molecule has 0 bridgehead atoms. The maximum atomic E-state index is 13.1. The molecule has 7 nitrogen and oxygen atoms in total. The number of nitrogens with one attached hydrogen (secondary N) is 1. The Labute approximate surface area is 199 Å². The van der Waals surface area contributed by atoms with Crippen LogP contribution in [0.15, 0.2) is 42.5 Å². The predicted octanol–water partition coefficient (Wildman–Crippen LogP) is 5.09. The summed E-state index contributed by atoms with van der Waals surface area (Å²) in [4.78, 5) is 29.6. The molecule has 1 saturated carbocycles. The molecule has 3 aromatic rings. The minimum Gasteiger partial charge on any atom is -0.466 e. The van der Waals surface area contributed by atoms with Crippen LogP contribution in [0.2, 0.25) is 0 Å². The standard InChI is InChI=1S/C25H26F3N3O4/c1-2-35-23(34)16-7-9-19(10-8-16)31-21-11-6-15(14-32)12-20(21)29-24(31)30-22(33)17-4-3-5-18(13-17)25(26,27)28/h3-6,11-13,16,19,32H,2,7-10,14H2,1H3,(H,29,30,33)/t16-,19+. The molecule has 35 heavy (non-hydrogen) atoms. The lowest BCUT2D eigenvalue weighted by Crippen LogP contribution is -2.26. The maximum absolute atomic E-state index is 13.1. The molecule has 1 amide bonds. The Bertz CT molecular complexity index is 1230. The molecule has 0 radical (unpaired) electrons. The molecule has 0 spiro atoms. The topological polar surface area (TPSA) is 93.5 Å². The van der Waals surface area contributed by atoms with Crippen molar-refractivity contribution in [3.63, 3.8) is 0 Å². The number of hydrogen-bond donors (Lipinski definition) is 2. The van der Waals surface area contributed by atoms with E-state index in [1.54, 1.807) is 25.1 Å². The summed E-state index contributed by atoms with van der Waals surface area (Å²) in [6.45, 7) is 1.91. The van der Waals surface area contributed by atoms with Gasteiger partial charge in [-0.05, 0) is 68.5 Å². The number of ether oxygens (including phenoxy) is 1. The number of fused-ring (bicyclic) bond motifs is 1. The van der Waals surface area contributed by atoms with Gasteiger partial charge >= 0.3 is 12.1 Å². The molecule has 0 aliphatic heterocycles. The van der Waals surface area contributed by atoms with Gasteiger partial charge in [-0.3, -0.25) is 14.9 Å². The summed E-state index contributed by atoms with van der Waals surface area (Å²) in [7, 11) is 0. The summed E-state index contributed by atoms with van der Waals surface area (Å²) < 4.78 is 46.3. The van der Waals surface area contributed by atoms with Gasteiger partial charge < -0.3 is 14.4 Å². The lowest BCUT2D eigenvalue weighted by Gasteiger charge is -2.29. The first-order valence-corrected chi connectivity index (χ1v) is 11.5. The number of imidazole rings is 1. The number of nitrogens with zero attached hydrogens (tertiary/aromatic N) is 2. The number of esters is 1. The zero-order chi connectivity index (χ0) is 25.2. The molecule has 10 heteroatoms. The van der Waals surface area contributed by atoms with Gasteiger partial charge in [0.05, 0.1) is 35.7 Å². The lowest BCUT2D eigenvalue weighted by atomic mass is 9.86. The quantitative estimate of drug-likeness (QED) is 0.471. The minimum atomic E-state index is -4.57. The number of aliphatic hydroxyl groups excluding tert-OH is 1. The van der Waals surface area contributed by atoms with Crippen molar-refractivity contribution < 1.29 is 32.6 Å². The summed E-state index contributed by atoms with van der Waals surface area (Å²) in [5, 5.41) is 12.2. The highest BCUT2D eigenvalue weighted by Crippen LogP contribution is 2.37. The molecule has 1 aromatic heterocycles. The van der Waals surface area contributed by atoms with Gasteiger partial charge in [-0.25, -0.2) is 4.98 Å². The number of amides is 1. The first kappa shape index (κ1) is 24.7. The normalized spacial score (nSPS) is 18.4. The largest absolute Gasteiger partial charge is 0.466 e. The average Bonchev–Trinajstić information content (AvgIpc) is 3.20. The fourth-order valence-corrected chi connectivity index (χ4v) is 4.54. The second-order valence-electron chi connectivity index (χ2n) is 8.58. The second-order valence-corrected chi connectivity index (χ2v) is 8.58. The van der Waals surface area contributed by atoms with E-state index >= 15 is 0 Å². The maximum Gasteiger partial charge on any atom is 0.416 e. The Kier molecular flexibility index (Phi) is 7.11. The van der Waals surface area contributed by atoms with Crippen LogP contribution in [0.4, 0.5) is 19.1 Å². The summed E-state index contributed by atoms with van der Waals surface area (Å²) in [5.41, 5.74) is 0.859. The monoisotopic (exact) mass is 489 g/mol. The fraction of sp³-hybridized carbons (Fsp3) is 0.400. The molecular weight excluding hydrogens is 463 g/mol. The summed E-state index contributed by atoms with van der Waals surface area (Å²) in [6, 6.07) is 9.38. The third kappa shape index (κ3) is 5.32. The molecule has 1 aliphatic rings. The van der Waals surface area contributed by atoms with E-state index < -0.39 is 17.6 Å². The van der Waals surface area contributed by atoms with Crippen molar-refractivity contribution in [2.24, 2.45) is 5.92 Å². The van der Waals surface area contributed by atoms with Gasteiger partial charge in [-0.1, -0.05) is 12.1 Å². The molecule has 1 fully saturated rings. The second kappa shape index (κ2) is 10.1. The third-order valence-electron chi connectivity index (χ3n) is 6.30. The summed E-state index contributed by atoms with van der Waals surface area (Å²) in [6.07, 6.45) is -2.06. The van der Waals surface area contributed by atoms with Crippen molar-refractivity contribution in [2.45, 2.75) is 51.4 Å². The highest BCUT2D eigenvalue weighted by molar-refractivity contribution is 6.04. The van der Waals surface area contributed by atoms with Crippen LogP contribution in [0.1, 0.15) is 60.1 Å². The average molecular weight is 489 g/mol. The van der Waals surface area contributed by atoms with Gasteiger partial charge in [0.1, 0.15) is 0 Å². The minimum absolute atomic E-state index is 0.0811. The Morgan fingerprint density at radius 1 is 1.14 bits per heavy atom. The van der Waals surface area contributed by atoms with E-state index in [9.17, 15) is 27.9 Å². The Balaban J connectivity index is 1.64. The Hall–Kier alpha value is -3.40. The van der Waals surface area contributed by atoms with Gasteiger partial charge in [0.15, 0.2) is 0 Å². The number of carbonyl (C=O) groups is 2. The number of anilines is 1. The van der Waals surface area contributed by atoms with Crippen molar-refractivity contribution in [1.29, 1.82) is 0 Å².